The molecule has 10 unspecified atom stereocenters. The highest BCUT2D eigenvalue weighted by Crippen LogP contribution is 2.43. The van der Waals surface area contributed by atoms with Crippen molar-refractivity contribution in [1.29, 1.82) is 0 Å². The highest BCUT2D eigenvalue weighted by Gasteiger charge is 2.56. The Morgan fingerprint density at radius 2 is 1.34 bits per heavy atom. The summed E-state index contributed by atoms with van der Waals surface area (Å²) in [5.41, 5.74) is 0. The van der Waals surface area contributed by atoms with E-state index in [1.165, 1.54) is 6.08 Å². The average molecular weight is 943 g/mol. The zero-order valence-electron chi connectivity index (χ0n) is 35.7. The summed E-state index contributed by atoms with van der Waals surface area (Å²) in [6.45, 7) is -1.73. The SMILES string of the molecule is O=C(C=CC1CCC([NH+]([O-])O)CC1)OC[C@H]1O[C@@H](OC[C@H]2O[C@@H](OC3CC4C(O)CC(O)CC4[OH+]C3C3CCC(O)C(O)C3)[C@H](O[C@@H]3OC[C@@H](O)[C@H](O)[C@H]3O)[C@@H](O)[C@H]2O)[C@H](O)[C@@H](O)[C@@H]1O. The van der Waals surface area contributed by atoms with Crippen molar-refractivity contribution >= 4 is 5.97 Å². The second-order valence-corrected chi connectivity index (χ2v) is 18.8. The molecule has 24 atom stereocenters. The summed E-state index contributed by atoms with van der Waals surface area (Å²) in [7, 11) is 0. The standard InChI is InChI=1S/C41H67NO23/c43-19-10-22(45)20-12-26(37(61-25(20)11-19)17-4-7-21(44)23(46)9-17)62-41-38(65-40-35(54)30(49)24(47)13-59-40)34(53)32(51)28(64-41)15-60-39-36(55)33(52)31(50)27(63-39)14-58-29(48)8-3-16-1-5-18(6-2-16)42(56)57/h3,8,16-28,30-47,49-56H,1-2,4-7,9-15H2/p+1/t16?,17?,18?,19?,20?,21?,22?,23?,24-,25?,26?,27-,28-,30+,31-,32+,33+,34+,35-,36-,37?,38-,39-,40+,41-/m1/s1. The Morgan fingerprint density at radius 3 is 2.05 bits per heavy atom. The number of esters is 1. The molecule has 0 spiro atoms. The molecule has 3 aliphatic carbocycles. The van der Waals surface area contributed by atoms with E-state index in [-0.39, 0.29) is 43.9 Å². The van der Waals surface area contributed by atoms with Crippen molar-refractivity contribution < 1.29 is 114 Å². The van der Waals surface area contributed by atoms with Crippen LogP contribution in [0.4, 0.5) is 0 Å². The van der Waals surface area contributed by atoms with Gasteiger partial charge in [-0.15, -0.1) is 0 Å². The second-order valence-electron chi connectivity index (χ2n) is 18.8. The molecule has 7 fully saturated rings. The summed E-state index contributed by atoms with van der Waals surface area (Å²) in [6, 6.07) is -0.432. The number of quaternary nitrogens is 1. The lowest BCUT2D eigenvalue weighted by atomic mass is 9.72. The Bertz CT molecular complexity index is 1540. The molecular formula is C41H68NO23+. The molecule has 65 heavy (non-hydrogen) atoms. The van der Waals surface area contributed by atoms with Crippen LogP contribution in [0, 0.1) is 23.0 Å². The van der Waals surface area contributed by atoms with E-state index in [2.05, 4.69) is 0 Å². The van der Waals surface area contributed by atoms with Gasteiger partial charge >= 0.3 is 5.97 Å². The van der Waals surface area contributed by atoms with Crippen molar-refractivity contribution in [2.75, 3.05) is 19.8 Å². The van der Waals surface area contributed by atoms with Crippen LogP contribution < -0.4 is 5.23 Å². The van der Waals surface area contributed by atoms with E-state index in [4.69, 9.17) is 37.9 Å². The number of aliphatic hydroxyl groups is 14. The largest absolute Gasteiger partial charge is 0.600 e. The predicted octanol–water partition coefficient (Wildman–Crippen LogP) is -6.78. The maximum Gasteiger partial charge on any atom is 0.330 e. The minimum Gasteiger partial charge on any atom is -0.600 e. The van der Waals surface area contributed by atoms with E-state index in [9.17, 15) is 76.5 Å². The molecule has 374 valence electrons. The first-order valence-electron chi connectivity index (χ1n) is 22.7. The summed E-state index contributed by atoms with van der Waals surface area (Å²) in [4.78, 5) is 12.6. The van der Waals surface area contributed by atoms with Crippen LogP contribution in [0.3, 0.4) is 0 Å². The molecule has 4 saturated heterocycles. The van der Waals surface area contributed by atoms with Gasteiger partial charge in [0.25, 0.3) is 0 Å². The fraction of sp³-hybridized carbons (Fsp3) is 0.927. The summed E-state index contributed by atoms with van der Waals surface area (Å²) in [5.74, 6) is -1.68. The van der Waals surface area contributed by atoms with Crippen LogP contribution in [-0.2, 0) is 38.0 Å². The molecule has 4 aliphatic heterocycles. The van der Waals surface area contributed by atoms with Crippen molar-refractivity contribution in [3.05, 3.63) is 17.4 Å². The molecule has 0 aromatic carbocycles. The second kappa shape index (κ2) is 22.4. The van der Waals surface area contributed by atoms with Gasteiger partial charge in [-0.05, 0) is 44.4 Å². The van der Waals surface area contributed by atoms with Crippen LogP contribution in [0.1, 0.15) is 64.2 Å². The summed E-state index contributed by atoms with van der Waals surface area (Å²) in [6.07, 6.45) is -23.6. The van der Waals surface area contributed by atoms with Gasteiger partial charge in [0.15, 0.2) is 31.1 Å². The van der Waals surface area contributed by atoms with Gasteiger partial charge in [-0.2, -0.15) is 0 Å². The number of nitrogens with one attached hydrogen (secondary N) is 1. The van der Waals surface area contributed by atoms with Crippen LogP contribution in [0.15, 0.2) is 12.2 Å². The zero-order chi connectivity index (χ0) is 46.9. The van der Waals surface area contributed by atoms with E-state index in [1.807, 2.05) is 0 Å². The van der Waals surface area contributed by atoms with E-state index in [0.717, 1.165) is 0 Å². The topological polar surface area (TPSA) is 385 Å². The minimum atomic E-state index is -1.91. The van der Waals surface area contributed by atoms with Crippen molar-refractivity contribution in [2.45, 2.75) is 199 Å². The van der Waals surface area contributed by atoms with Gasteiger partial charge in [0.05, 0.1) is 43.5 Å². The number of carbonyl (C=O) groups excluding carboxylic acids is 1. The molecule has 0 radical (unpaired) electrons. The van der Waals surface area contributed by atoms with Crippen molar-refractivity contribution in [2.24, 2.45) is 17.8 Å². The molecule has 15 N–H and O–H groups in total. The number of carbonyl (C=O) groups is 1. The average Bonchev–Trinajstić information content (AvgIpc) is 3.28. The van der Waals surface area contributed by atoms with E-state index in [1.54, 1.807) is 6.08 Å². The quantitative estimate of drug-likeness (QED) is 0.0353. The number of allylic oxidation sites excluding steroid dienone is 1. The maximum absolute atomic E-state index is 12.6. The highest BCUT2D eigenvalue weighted by molar-refractivity contribution is 5.81. The van der Waals surface area contributed by atoms with Crippen molar-refractivity contribution in [1.82, 2.24) is 0 Å². The third-order valence-electron chi connectivity index (χ3n) is 14.4. The Hall–Kier alpha value is -1.67. The number of ether oxygens (including phenoxy) is 8. The lowest BCUT2D eigenvalue weighted by Crippen LogP contribution is -3.09. The molecular weight excluding hydrogens is 874 g/mol. The molecule has 24 nitrogen and oxygen atoms in total. The number of hydrogen-bond acceptors (Lipinski definition) is 22. The summed E-state index contributed by atoms with van der Waals surface area (Å²) < 4.78 is 45.9. The molecule has 0 amide bonds. The van der Waals surface area contributed by atoms with Crippen LogP contribution in [0.5, 0.6) is 0 Å². The zero-order valence-corrected chi connectivity index (χ0v) is 35.7. The van der Waals surface area contributed by atoms with Gasteiger partial charge in [-0.1, -0.05) is 6.08 Å². The lowest BCUT2D eigenvalue weighted by molar-refractivity contribution is -1.07. The maximum atomic E-state index is 12.6. The number of aliphatic hydroxyl groups excluding tert-OH is 12. The fourth-order valence-corrected chi connectivity index (χ4v) is 10.4. The molecule has 0 bridgehead atoms. The minimum absolute atomic E-state index is 0.0339. The number of hydrogen-bond donors (Lipinski definition) is 14. The van der Waals surface area contributed by atoms with Crippen molar-refractivity contribution in [3.63, 3.8) is 0 Å². The third-order valence-corrected chi connectivity index (χ3v) is 14.4. The first-order valence-corrected chi connectivity index (χ1v) is 22.7. The van der Waals surface area contributed by atoms with Gasteiger partial charge < -0.3 is 104 Å². The number of rotatable bonds is 13. The van der Waals surface area contributed by atoms with Crippen LogP contribution in [0.25, 0.3) is 0 Å². The first-order chi connectivity index (χ1) is 30.9. The number of fused-ring (bicyclic) bond motifs is 1. The lowest BCUT2D eigenvalue weighted by Gasteiger charge is -2.49. The third kappa shape index (κ3) is 12.0. The molecule has 3 saturated carbocycles. The van der Waals surface area contributed by atoms with Gasteiger partial charge in [0.2, 0.25) is 0 Å². The number of hydroxylamine groups is 2. The fourth-order valence-electron chi connectivity index (χ4n) is 10.4. The van der Waals surface area contributed by atoms with Crippen LogP contribution >= 0.6 is 0 Å². The molecule has 4 heterocycles. The molecule has 7 rings (SSSR count). The van der Waals surface area contributed by atoms with E-state index >= 15 is 0 Å². The van der Waals surface area contributed by atoms with E-state index < -0.39 is 172 Å². The highest BCUT2D eigenvalue weighted by atomic mass is 16.8. The molecule has 0 aromatic heterocycles. The summed E-state index contributed by atoms with van der Waals surface area (Å²) in [5, 5.41) is 149. The van der Waals surface area contributed by atoms with Gasteiger partial charge in [-0.3, -0.25) is 0 Å². The van der Waals surface area contributed by atoms with Gasteiger partial charge in [0.1, 0.15) is 85.9 Å². The normalized spacial score (nSPS) is 50.4. The van der Waals surface area contributed by atoms with E-state index in [0.29, 0.717) is 32.1 Å². The molecule has 0 aromatic rings. The Labute approximate surface area is 373 Å². The smallest absolute Gasteiger partial charge is 0.330 e. The Kier molecular flexibility index (Phi) is 17.6. The van der Waals surface area contributed by atoms with Gasteiger partial charge in [0, 0.05) is 37.7 Å². The molecule has 24 heteroatoms. The van der Waals surface area contributed by atoms with Crippen LogP contribution in [0.2, 0.25) is 0 Å². The van der Waals surface area contributed by atoms with Crippen LogP contribution in [-0.4, -0.2) is 232 Å². The molecule has 7 aliphatic rings. The first kappa shape index (κ1) is 51.2. The predicted molar refractivity (Wildman–Crippen MR) is 211 cm³/mol. The summed E-state index contributed by atoms with van der Waals surface area (Å²) >= 11 is 0. The monoisotopic (exact) mass is 942 g/mol. The van der Waals surface area contributed by atoms with Crippen molar-refractivity contribution in [3.8, 4) is 0 Å². The Morgan fingerprint density at radius 1 is 0.662 bits per heavy atom. The van der Waals surface area contributed by atoms with Gasteiger partial charge in [-0.25, -0.2) is 15.2 Å². The Balaban J connectivity index is 1.04.